The number of thioether (sulfide) groups is 1. The van der Waals surface area contributed by atoms with E-state index in [9.17, 15) is 0 Å². The Labute approximate surface area is 167 Å². The number of hydrogen-bond acceptors (Lipinski definition) is 3. The van der Waals surface area contributed by atoms with Crippen molar-refractivity contribution in [2.24, 2.45) is 10.9 Å². The van der Waals surface area contributed by atoms with Gasteiger partial charge in [0, 0.05) is 31.2 Å². The van der Waals surface area contributed by atoms with Gasteiger partial charge in [-0.2, -0.15) is 0 Å². The highest BCUT2D eigenvalue weighted by Gasteiger charge is 2.20. The first-order chi connectivity index (χ1) is 11.3. The van der Waals surface area contributed by atoms with Crippen LogP contribution in [0.25, 0.3) is 0 Å². The van der Waals surface area contributed by atoms with Crippen molar-refractivity contribution in [3.63, 3.8) is 0 Å². The lowest BCUT2D eigenvalue weighted by molar-refractivity contribution is 0.123. The third-order valence-electron chi connectivity index (χ3n) is 3.73. The van der Waals surface area contributed by atoms with E-state index in [1.54, 1.807) is 11.8 Å². The molecular weight excluding hydrogens is 433 g/mol. The summed E-state index contributed by atoms with van der Waals surface area (Å²) in [5, 5.41) is 6.66. The van der Waals surface area contributed by atoms with Gasteiger partial charge >= 0.3 is 0 Å². The van der Waals surface area contributed by atoms with Crippen LogP contribution in [0.15, 0.2) is 34.2 Å². The Morgan fingerprint density at radius 2 is 2.00 bits per heavy atom. The molecule has 1 aromatic rings. The fourth-order valence-corrected chi connectivity index (χ4v) is 2.57. The van der Waals surface area contributed by atoms with Gasteiger partial charge in [0.05, 0.1) is 6.54 Å². The molecule has 1 aliphatic carbocycles. The summed E-state index contributed by atoms with van der Waals surface area (Å²) in [7, 11) is 0. The lowest BCUT2D eigenvalue weighted by atomic mass is 10.2. The second-order valence-corrected chi connectivity index (χ2v) is 6.72. The summed E-state index contributed by atoms with van der Waals surface area (Å²) in [5.74, 6) is 1.72. The Morgan fingerprint density at radius 3 is 2.62 bits per heavy atom. The quantitative estimate of drug-likeness (QED) is 0.182. The van der Waals surface area contributed by atoms with Gasteiger partial charge in [0.1, 0.15) is 0 Å². The largest absolute Gasteiger partial charge is 0.381 e. The third-order valence-corrected chi connectivity index (χ3v) is 4.47. The van der Waals surface area contributed by atoms with Crippen molar-refractivity contribution in [1.82, 2.24) is 10.6 Å². The van der Waals surface area contributed by atoms with Crippen LogP contribution >= 0.6 is 35.7 Å². The number of guanidine groups is 1. The van der Waals surface area contributed by atoms with Crippen molar-refractivity contribution in [2.45, 2.75) is 37.6 Å². The molecule has 1 saturated carbocycles. The van der Waals surface area contributed by atoms with Crippen molar-refractivity contribution >= 4 is 41.7 Å². The van der Waals surface area contributed by atoms with Crippen molar-refractivity contribution < 1.29 is 4.74 Å². The summed E-state index contributed by atoms with van der Waals surface area (Å²) < 4.78 is 5.65. The highest BCUT2D eigenvalue weighted by atomic mass is 127. The van der Waals surface area contributed by atoms with Crippen molar-refractivity contribution in [3.8, 4) is 0 Å². The van der Waals surface area contributed by atoms with Gasteiger partial charge in [0.25, 0.3) is 0 Å². The van der Waals surface area contributed by atoms with Gasteiger partial charge in [-0.05, 0) is 56.1 Å². The van der Waals surface area contributed by atoms with Crippen LogP contribution in [0.2, 0.25) is 0 Å². The molecule has 0 bridgehead atoms. The van der Waals surface area contributed by atoms with Crippen LogP contribution < -0.4 is 10.6 Å². The Morgan fingerprint density at radius 1 is 1.25 bits per heavy atom. The first-order valence-corrected chi connectivity index (χ1v) is 9.77. The molecule has 0 aliphatic heterocycles. The number of nitrogens with one attached hydrogen (secondary N) is 2. The lowest BCUT2D eigenvalue weighted by Gasteiger charge is -2.11. The van der Waals surface area contributed by atoms with E-state index in [1.165, 1.54) is 23.3 Å². The summed E-state index contributed by atoms with van der Waals surface area (Å²) in [6.07, 6.45) is 5.81. The molecule has 0 radical (unpaired) electrons. The molecule has 4 nitrogen and oxygen atoms in total. The van der Waals surface area contributed by atoms with Gasteiger partial charge in [0.15, 0.2) is 5.96 Å². The van der Waals surface area contributed by atoms with Gasteiger partial charge in [-0.15, -0.1) is 35.7 Å². The fraction of sp³-hybridized carbons (Fsp3) is 0.611. The summed E-state index contributed by atoms with van der Waals surface area (Å²) in [6, 6.07) is 8.58. The van der Waals surface area contributed by atoms with E-state index in [0.717, 1.165) is 44.6 Å². The van der Waals surface area contributed by atoms with Gasteiger partial charge in [-0.3, -0.25) is 0 Å². The molecule has 2 N–H and O–H groups in total. The van der Waals surface area contributed by atoms with Gasteiger partial charge in [0.2, 0.25) is 0 Å². The number of nitrogens with zero attached hydrogens (tertiary/aromatic N) is 1. The van der Waals surface area contributed by atoms with E-state index in [-0.39, 0.29) is 24.0 Å². The molecule has 0 atom stereocenters. The SMILES string of the molecule is CCNC(=NCc1ccc(SC)cc1)NCCCOCC1CC1.I. The van der Waals surface area contributed by atoms with Crippen LogP contribution in [0.4, 0.5) is 0 Å². The topological polar surface area (TPSA) is 45.7 Å². The van der Waals surface area contributed by atoms with Gasteiger partial charge in [-0.25, -0.2) is 4.99 Å². The molecule has 1 fully saturated rings. The number of halogens is 1. The van der Waals surface area contributed by atoms with Crippen LogP contribution in [0.5, 0.6) is 0 Å². The van der Waals surface area contributed by atoms with E-state index in [1.807, 2.05) is 0 Å². The Kier molecular flexibility index (Phi) is 11.5. The molecule has 24 heavy (non-hydrogen) atoms. The maximum absolute atomic E-state index is 5.65. The third kappa shape index (κ3) is 9.13. The van der Waals surface area contributed by atoms with E-state index >= 15 is 0 Å². The summed E-state index contributed by atoms with van der Waals surface area (Å²) in [4.78, 5) is 5.93. The zero-order valence-electron chi connectivity index (χ0n) is 14.7. The smallest absolute Gasteiger partial charge is 0.191 e. The molecule has 0 saturated heterocycles. The van der Waals surface area contributed by atoms with Crippen LogP contribution in [-0.4, -0.2) is 38.5 Å². The molecule has 2 rings (SSSR count). The average molecular weight is 463 g/mol. The number of benzene rings is 1. The maximum Gasteiger partial charge on any atom is 0.191 e. The molecule has 0 aromatic heterocycles. The highest BCUT2D eigenvalue weighted by molar-refractivity contribution is 14.0. The average Bonchev–Trinajstić information content (AvgIpc) is 3.40. The molecule has 6 heteroatoms. The molecule has 0 heterocycles. The zero-order valence-corrected chi connectivity index (χ0v) is 17.9. The van der Waals surface area contributed by atoms with Crippen LogP contribution in [0, 0.1) is 5.92 Å². The second-order valence-electron chi connectivity index (χ2n) is 5.84. The minimum Gasteiger partial charge on any atom is -0.381 e. The van der Waals surface area contributed by atoms with Crippen molar-refractivity contribution in [3.05, 3.63) is 29.8 Å². The standard InChI is InChI=1S/C18H29N3OS.HI/c1-3-19-18(20-11-4-12-22-14-16-5-6-16)21-13-15-7-9-17(23-2)10-8-15;/h7-10,16H,3-6,11-14H2,1-2H3,(H2,19,20,21);1H. The van der Waals surface area contributed by atoms with E-state index in [2.05, 4.69) is 53.1 Å². The van der Waals surface area contributed by atoms with Gasteiger partial charge in [-0.1, -0.05) is 12.1 Å². The van der Waals surface area contributed by atoms with Gasteiger partial charge < -0.3 is 15.4 Å². The monoisotopic (exact) mass is 463 g/mol. The number of rotatable bonds is 10. The lowest BCUT2D eigenvalue weighted by Crippen LogP contribution is -2.38. The molecule has 0 amide bonds. The first kappa shape index (κ1) is 21.6. The molecule has 0 unspecified atom stereocenters. The van der Waals surface area contributed by atoms with Crippen LogP contribution in [-0.2, 0) is 11.3 Å². The molecule has 0 spiro atoms. The summed E-state index contributed by atoms with van der Waals surface area (Å²) >= 11 is 1.76. The van der Waals surface area contributed by atoms with E-state index in [0.29, 0.717) is 6.54 Å². The predicted octanol–water partition coefficient (Wildman–Crippen LogP) is 3.90. The minimum absolute atomic E-state index is 0. The molecular formula is C18H30IN3OS. The van der Waals surface area contributed by atoms with Crippen molar-refractivity contribution in [2.75, 3.05) is 32.6 Å². The second kappa shape index (κ2) is 12.8. The molecule has 1 aliphatic rings. The Bertz CT molecular complexity index is 478. The first-order valence-electron chi connectivity index (χ1n) is 8.54. The Balaban J connectivity index is 0.00000288. The van der Waals surface area contributed by atoms with Crippen LogP contribution in [0.3, 0.4) is 0 Å². The highest BCUT2D eigenvalue weighted by Crippen LogP contribution is 2.28. The fourth-order valence-electron chi connectivity index (χ4n) is 2.16. The maximum atomic E-state index is 5.65. The number of aliphatic imine (C=N–C) groups is 1. The van der Waals surface area contributed by atoms with E-state index in [4.69, 9.17) is 4.74 Å². The summed E-state index contributed by atoms with van der Waals surface area (Å²) in [6.45, 7) is 6.32. The molecule has 136 valence electrons. The zero-order chi connectivity index (χ0) is 16.3. The van der Waals surface area contributed by atoms with E-state index < -0.39 is 0 Å². The van der Waals surface area contributed by atoms with Crippen LogP contribution in [0.1, 0.15) is 31.7 Å². The molecule has 1 aromatic carbocycles. The minimum atomic E-state index is 0. The number of hydrogen-bond donors (Lipinski definition) is 2. The van der Waals surface area contributed by atoms with Crippen molar-refractivity contribution in [1.29, 1.82) is 0 Å². The predicted molar refractivity (Wildman–Crippen MR) is 115 cm³/mol. The normalized spacial score (nSPS) is 14.2. The Hall–Kier alpha value is -0.470. The summed E-state index contributed by atoms with van der Waals surface area (Å²) in [5.41, 5.74) is 1.23. The number of ether oxygens (including phenoxy) is 1.